The van der Waals surface area contributed by atoms with Crippen LogP contribution in [-0.2, 0) is 14.8 Å². The van der Waals surface area contributed by atoms with Crippen molar-refractivity contribution in [3.63, 3.8) is 0 Å². The van der Waals surface area contributed by atoms with Crippen LogP contribution >= 0.6 is 0 Å². The van der Waals surface area contributed by atoms with Crippen molar-refractivity contribution >= 4 is 21.9 Å². The molecular weight excluding hydrogens is 320 g/mol. The summed E-state index contributed by atoms with van der Waals surface area (Å²) in [6.45, 7) is 1.98. The molecule has 1 fully saturated rings. The first-order valence-corrected chi connectivity index (χ1v) is 9.09. The van der Waals surface area contributed by atoms with Crippen LogP contribution in [0.25, 0.3) is 0 Å². The molecule has 1 aliphatic heterocycles. The van der Waals surface area contributed by atoms with Crippen molar-refractivity contribution in [2.24, 2.45) is 0 Å². The van der Waals surface area contributed by atoms with Crippen molar-refractivity contribution in [2.75, 3.05) is 19.3 Å². The van der Waals surface area contributed by atoms with E-state index in [-0.39, 0.29) is 25.4 Å². The molecule has 1 heterocycles. The van der Waals surface area contributed by atoms with Gasteiger partial charge in [0, 0.05) is 24.7 Å². The Bertz CT molecular complexity index is 689. The molecule has 1 aromatic carbocycles. The lowest BCUT2D eigenvalue weighted by Gasteiger charge is -2.43. The number of nitrogens with zero attached hydrogens (tertiary/aromatic N) is 2. The minimum Gasteiger partial charge on any atom is -0.481 e. The van der Waals surface area contributed by atoms with E-state index in [4.69, 9.17) is 5.11 Å². The molecule has 1 aromatic rings. The zero-order valence-electron chi connectivity index (χ0n) is 13.0. The van der Waals surface area contributed by atoms with Gasteiger partial charge in [0.1, 0.15) is 0 Å². The third kappa shape index (κ3) is 4.08. The number of rotatable bonds is 4. The molecule has 1 amide bonds. The largest absolute Gasteiger partial charge is 0.481 e. The first-order valence-electron chi connectivity index (χ1n) is 7.24. The minimum absolute atomic E-state index is 0.0669. The third-order valence-corrected chi connectivity index (χ3v) is 5.24. The molecule has 8 heteroatoms. The van der Waals surface area contributed by atoms with Gasteiger partial charge in [0.2, 0.25) is 10.0 Å². The van der Waals surface area contributed by atoms with Crippen LogP contribution < -0.4 is 0 Å². The molecule has 0 bridgehead atoms. The van der Waals surface area contributed by atoms with Gasteiger partial charge in [-0.25, -0.2) is 8.42 Å². The van der Waals surface area contributed by atoms with E-state index in [9.17, 15) is 18.0 Å². The highest BCUT2D eigenvalue weighted by Gasteiger charge is 2.40. The van der Waals surface area contributed by atoms with E-state index in [1.165, 1.54) is 9.21 Å². The Labute approximate surface area is 135 Å². The van der Waals surface area contributed by atoms with Crippen molar-refractivity contribution in [2.45, 2.75) is 25.4 Å². The SMILES string of the molecule is C[C@H]1CN(C(=O)c2ccccc2)C[C@@H](CC(=O)O)N1S(C)(=O)=O. The Balaban J connectivity index is 2.27. The summed E-state index contributed by atoms with van der Waals surface area (Å²) in [5.41, 5.74) is 0.501. The molecule has 2 atom stereocenters. The van der Waals surface area contributed by atoms with Gasteiger partial charge in [0.15, 0.2) is 0 Å². The number of sulfonamides is 1. The van der Waals surface area contributed by atoms with Gasteiger partial charge in [-0.05, 0) is 19.1 Å². The van der Waals surface area contributed by atoms with Crippen molar-refractivity contribution in [1.29, 1.82) is 0 Å². The van der Waals surface area contributed by atoms with Gasteiger partial charge in [0.25, 0.3) is 5.91 Å². The fourth-order valence-electron chi connectivity index (χ4n) is 3.05. The molecule has 1 aliphatic rings. The standard InChI is InChI=1S/C15H20N2O5S/c1-11-9-16(15(20)12-6-4-3-5-7-12)10-13(8-14(18)19)17(11)23(2,21)22/h3-7,11,13H,8-10H2,1-2H3,(H,18,19)/t11-,13+/m0/s1. The van der Waals surface area contributed by atoms with E-state index in [0.717, 1.165) is 6.26 Å². The summed E-state index contributed by atoms with van der Waals surface area (Å²) in [5, 5.41) is 9.05. The lowest BCUT2D eigenvalue weighted by atomic mass is 10.1. The average molecular weight is 340 g/mol. The first kappa shape index (κ1) is 17.4. The second kappa shape index (κ2) is 6.67. The number of carboxylic acid groups (broad SMARTS) is 1. The summed E-state index contributed by atoms with van der Waals surface area (Å²) in [5.74, 6) is -1.31. The van der Waals surface area contributed by atoms with Crippen LogP contribution in [0.15, 0.2) is 30.3 Å². The predicted octanol–water partition coefficient (Wildman–Crippen LogP) is 0.636. The number of hydrogen-bond donors (Lipinski definition) is 1. The average Bonchev–Trinajstić information content (AvgIpc) is 2.44. The molecule has 1 saturated heterocycles. The summed E-state index contributed by atoms with van der Waals surface area (Å²) in [6, 6.07) is 7.42. The lowest BCUT2D eigenvalue weighted by molar-refractivity contribution is -0.138. The molecule has 23 heavy (non-hydrogen) atoms. The van der Waals surface area contributed by atoms with E-state index >= 15 is 0 Å². The highest BCUT2D eigenvalue weighted by atomic mass is 32.2. The Hall–Kier alpha value is -1.93. The zero-order chi connectivity index (χ0) is 17.2. The maximum Gasteiger partial charge on any atom is 0.305 e. The molecule has 7 nitrogen and oxygen atoms in total. The molecule has 0 saturated carbocycles. The molecule has 2 rings (SSSR count). The molecule has 0 radical (unpaired) electrons. The van der Waals surface area contributed by atoms with Gasteiger partial charge in [-0.15, -0.1) is 0 Å². The van der Waals surface area contributed by atoms with Crippen LogP contribution in [0.4, 0.5) is 0 Å². The Kier molecular flexibility index (Phi) is 5.06. The van der Waals surface area contributed by atoms with Crippen LogP contribution in [0, 0.1) is 0 Å². The Morgan fingerprint density at radius 2 is 1.83 bits per heavy atom. The molecule has 126 valence electrons. The normalized spacial score (nSPS) is 22.8. The summed E-state index contributed by atoms with van der Waals surface area (Å²) in [4.78, 5) is 25.1. The lowest BCUT2D eigenvalue weighted by Crippen LogP contribution is -2.60. The topological polar surface area (TPSA) is 95.0 Å². The Morgan fingerprint density at radius 3 is 2.35 bits per heavy atom. The van der Waals surface area contributed by atoms with Crippen molar-refractivity contribution in [3.05, 3.63) is 35.9 Å². The summed E-state index contributed by atoms with van der Waals surface area (Å²) < 4.78 is 25.1. The second-order valence-electron chi connectivity index (χ2n) is 5.77. The first-order chi connectivity index (χ1) is 10.7. The number of hydrogen-bond acceptors (Lipinski definition) is 4. The number of carboxylic acids is 1. The van der Waals surface area contributed by atoms with Crippen molar-refractivity contribution in [3.8, 4) is 0 Å². The fourth-order valence-corrected chi connectivity index (χ4v) is 4.45. The van der Waals surface area contributed by atoms with Crippen molar-refractivity contribution in [1.82, 2.24) is 9.21 Å². The van der Waals surface area contributed by atoms with E-state index in [2.05, 4.69) is 0 Å². The van der Waals surface area contributed by atoms with Crippen molar-refractivity contribution < 1.29 is 23.1 Å². The van der Waals surface area contributed by atoms with Crippen LogP contribution in [0.2, 0.25) is 0 Å². The smallest absolute Gasteiger partial charge is 0.305 e. The summed E-state index contributed by atoms with van der Waals surface area (Å²) in [6.07, 6.45) is 0.725. The molecule has 0 aromatic heterocycles. The monoisotopic (exact) mass is 340 g/mol. The molecule has 1 N–H and O–H groups in total. The van der Waals surface area contributed by atoms with Gasteiger partial charge >= 0.3 is 5.97 Å². The quantitative estimate of drug-likeness (QED) is 0.868. The van der Waals surface area contributed by atoms with Gasteiger partial charge in [-0.3, -0.25) is 9.59 Å². The van der Waals surface area contributed by atoms with Gasteiger partial charge in [-0.1, -0.05) is 18.2 Å². The van der Waals surface area contributed by atoms with Crippen LogP contribution in [0.5, 0.6) is 0 Å². The van der Waals surface area contributed by atoms with E-state index in [0.29, 0.717) is 5.56 Å². The molecular formula is C15H20N2O5S. The highest BCUT2D eigenvalue weighted by molar-refractivity contribution is 7.88. The third-order valence-electron chi connectivity index (χ3n) is 3.81. The number of carbonyl (C=O) groups excluding carboxylic acids is 1. The van der Waals surface area contributed by atoms with Gasteiger partial charge in [0.05, 0.1) is 18.7 Å². The maximum absolute atomic E-state index is 12.5. The minimum atomic E-state index is -3.55. The number of aliphatic carboxylic acids is 1. The van der Waals surface area contributed by atoms with Gasteiger partial charge in [-0.2, -0.15) is 4.31 Å². The summed E-state index contributed by atoms with van der Waals surface area (Å²) in [7, 11) is -3.55. The number of carbonyl (C=O) groups is 2. The van der Waals surface area contributed by atoms with E-state index in [1.54, 1.807) is 37.3 Å². The Morgan fingerprint density at radius 1 is 1.22 bits per heavy atom. The second-order valence-corrected chi connectivity index (χ2v) is 7.66. The van der Waals surface area contributed by atoms with E-state index in [1.807, 2.05) is 0 Å². The van der Waals surface area contributed by atoms with Gasteiger partial charge < -0.3 is 10.0 Å². The molecule has 0 spiro atoms. The highest BCUT2D eigenvalue weighted by Crippen LogP contribution is 2.23. The summed E-state index contributed by atoms with van der Waals surface area (Å²) >= 11 is 0. The fraction of sp³-hybridized carbons (Fsp3) is 0.467. The van der Waals surface area contributed by atoms with Crippen LogP contribution in [0.3, 0.4) is 0 Å². The van der Waals surface area contributed by atoms with E-state index < -0.39 is 28.1 Å². The number of benzene rings is 1. The zero-order valence-corrected chi connectivity index (χ0v) is 13.9. The molecule has 0 aliphatic carbocycles. The number of piperazine rings is 1. The maximum atomic E-state index is 12.5. The number of amides is 1. The predicted molar refractivity (Wildman–Crippen MR) is 84.5 cm³/mol. The molecule has 0 unspecified atom stereocenters. The van der Waals surface area contributed by atoms with Crippen LogP contribution in [0.1, 0.15) is 23.7 Å². The van der Waals surface area contributed by atoms with Crippen LogP contribution in [-0.4, -0.2) is 66.0 Å².